The summed E-state index contributed by atoms with van der Waals surface area (Å²) in [6.45, 7) is 3.48. The number of hydrogen-bond donors (Lipinski definition) is 1. The van der Waals surface area contributed by atoms with Crippen LogP contribution in [0, 0.1) is 5.92 Å². The number of aryl methyl sites for hydroxylation is 1. The van der Waals surface area contributed by atoms with Crippen LogP contribution in [0.15, 0.2) is 6.20 Å². The van der Waals surface area contributed by atoms with E-state index in [9.17, 15) is 9.59 Å². The van der Waals surface area contributed by atoms with Gasteiger partial charge in [0.25, 0.3) is 0 Å². The first-order valence-corrected chi connectivity index (χ1v) is 6.62. The zero-order valence-electron chi connectivity index (χ0n) is 11.0. The summed E-state index contributed by atoms with van der Waals surface area (Å²) >= 11 is 5.91. The van der Waals surface area contributed by atoms with Gasteiger partial charge in [-0.2, -0.15) is 5.10 Å². The van der Waals surface area contributed by atoms with Crippen LogP contribution >= 0.6 is 11.6 Å². The molecule has 0 radical (unpaired) electrons. The largest absolute Gasteiger partial charge is 0.356 e. The molecule has 1 aromatic rings. The summed E-state index contributed by atoms with van der Waals surface area (Å²) in [6, 6.07) is 0. The number of rotatable bonds is 4. The monoisotopic (exact) mass is 284 g/mol. The number of nitrogens with zero attached hydrogens (tertiary/aromatic N) is 3. The van der Waals surface area contributed by atoms with Gasteiger partial charge in [-0.3, -0.25) is 14.3 Å². The highest BCUT2D eigenvalue weighted by Crippen LogP contribution is 2.19. The van der Waals surface area contributed by atoms with Crippen molar-refractivity contribution in [2.24, 2.45) is 13.0 Å². The minimum absolute atomic E-state index is 0.0181. The van der Waals surface area contributed by atoms with Gasteiger partial charge < -0.3 is 10.2 Å². The summed E-state index contributed by atoms with van der Waals surface area (Å²) in [6.07, 6.45) is 1.97. The fourth-order valence-electron chi connectivity index (χ4n) is 2.07. The SMILES string of the molecule is CCNC(=O)C1CN(C(=O)Cc2cn(C)nc2Cl)C1. The topological polar surface area (TPSA) is 67.2 Å². The molecule has 2 amide bonds. The Labute approximate surface area is 116 Å². The van der Waals surface area contributed by atoms with Crippen LogP contribution in [0.25, 0.3) is 0 Å². The van der Waals surface area contributed by atoms with Gasteiger partial charge in [-0.05, 0) is 6.92 Å². The van der Waals surface area contributed by atoms with E-state index in [1.165, 1.54) is 0 Å². The van der Waals surface area contributed by atoms with Gasteiger partial charge in [-0.25, -0.2) is 0 Å². The number of aromatic nitrogens is 2. The van der Waals surface area contributed by atoms with Crippen molar-refractivity contribution in [3.63, 3.8) is 0 Å². The molecular formula is C12H17ClN4O2. The Morgan fingerprint density at radius 1 is 1.53 bits per heavy atom. The summed E-state index contributed by atoms with van der Waals surface area (Å²) in [5, 5.41) is 7.10. The first kappa shape index (κ1) is 13.9. The van der Waals surface area contributed by atoms with E-state index in [1.807, 2.05) is 6.92 Å². The van der Waals surface area contributed by atoms with Crippen LogP contribution in [0.3, 0.4) is 0 Å². The number of likely N-dealkylation sites (tertiary alicyclic amines) is 1. The van der Waals surface area contributed by atoms with Gasteiger partial charge in [-0.1, -0.05) is 11.6 Å². The molecule has 7 heteroatoms. The number of halogens is 1. The molecule has 1 saturated heterocycles. The molecule has 0 spiro atoms. The third-order valence-electron chi connectivity index (χ3n) is 3.15. The maximum Gasteiger partial charge on any atom is 0.227 e. The molecule has 0 saturated carbocycles. The van der Waals surface area contributed by atoms with Crippen LogP contribution in [0.2, 0.25) is 5.15 Å². The first-order valence-electron chi connectivity index (χ1n) is 6.24. The second kappa shape index (κ2) is 5.61. The summed E-state index contributed by atoms with van der Waals surface area (Å²) in [7, 11) is 1.76. The average Bonchev–Trinajstić information content (AvgIpc) is 2.55. The molecule has 0 atom stereocenters. The Morgan fingerprint density at radius 3 is 2.74 bits per heavy atom. The predicted octanol–water partition coefficient (Wildman–Crippen LogP) is 0.210. The van der Waals surface area contributed by atoms with E-state index < -0.39 is 0 Å². The molecule has 0 aromatic carbocycles. The molecule has 6 nitrogen and oxygen atoms in total. The number of nitrogens with one attached hydrogen (secondary N) is 1. The van der Waals surface area contributed by atoms with Gasteiger partial charge in [-0.15, -0.1) is 0 Å². The highest BCUT2D eigenvalue weighted by Gasteiger charge is 2.35. The normalized spacial score (nSPS) is 15.2. The molecule has 0 bridgehead atoms. The molecule has 0 aliphatic carbocycles. The summed E-state index contributed by atoms with van der Waals surface area (Å²) in [5.41, 5.74) is 0.718. The molecule has 1 aromatic heterocycles. The van der Waals surface area contributed by atoms with Crippen LogP contribution in [0.5, 0.6) is 0 Å². The van der Waals surface area contributed by atoms with Crippen molar-refractivity contribution in [1.29, 1.82) is 0 Å². The van der Waals surface area contributed by atoms with Crippen molar-refractivity contribution < 1.29 is 9.59 Å². The van der Waals surface area contributed by atoms with E-state index in [1.54, 1.807) is 22.8 Å². The lowest BCUT2D eigenvalue weighted by molar-refractivity contribution is -0.142. The van der Waals surface area contributed by atoms with Gasteiger partial charge in [0.05, 0.1) is 12.3 Å². The summed E-state index contributed by atoms with van der Waals surface area (Å²) in [5.74, 6) is -0.0744. The van der Waals surface area contributed by atoms with Gasteiger partial charge in [0.15, 0.2) is 5.15 Å². The van der Waals surface area contributed by atoms with Gasteiger partial charge >= 0.3 is 0 Å². The third-order valence-corrected chi connectivity index (χ3v) is 3.47. The average molecular weight is 285 g/mol. The second-order valence-electron chi connectivity index (χ2n) is 4.69. The van der Waals surface area contributed by atoms with E-state index in [-0.39, 0.29) is 24.2 Å². The minimum atomic E-state index is -0.0757. The van der Waals surface area contributed by atoms with Crippen molar-refractivity contribution in [2.45, 2.75) is 13.3 Å². The van der Waals surface area contributed by atoms with Crippen molar-refractivity contribution in [3.05, 3.63) is 16.9 Å². The molecule has 0 unspecified atom stereocenters. The van der Waals surface area contributed by atoms with E-state index >= 15 is 0 Å². The van der Waals surface area contributed by atoms with Crippen LogP contribution in [-0.2, 0) is 23.1 Å². The standard InChI is InChI=1S/C12H17ClN4O2/c1-3-14-12(19)9-6-17(7-9)10(18)4-8-5-16(2)15-11(8)13/h5,9H,3-4,6-7H2,1-2H3,(H,14,19). The maximum atomic E-state index is 12.0. The number of carbonyl (C=O) groups excluding carboxylic acids is 2. The number of hydrogen-bond acceptors (Lipinski definition) is 3. The number of carbonyl (C=O) groups is 2. The molecular weight excluding hydrogens is 268 g/mol. The van der Waals surface area contributed by atoms with Crippen LogP contribution < -0.4 is 5.32 Å². The van der Waals surface area contributed by atoms with Crippen molar-refractivity contribution in [3.8, 4) is 0 Å². The molecule has 2 heterocycles. The molecule has 19 heavy (non-hydrogen) atoms. The first-order chi connectivity index (χ1) is 9.01. The fourth-order valence-corrected chi connectivity index (χ4v) is 2.31. The Balaban J connectivity index is 1.84. The third kappa shape index (κ3) is 3.07. The predicted molar refractivity (Wildman–Crippen MR) is 70.7 cm³/mol. The van der Waals surface area contributed by atoms with Gasteiger partial charge in [0, 0.05) is 38.4 Å². The summed E-state index contributed by atoms with van der Waals surface area (Å²) < 4.78 is 1.58. The van der Waals surface area contributed by atoms with Crippen molar-refractivity contribution >= 4 is 23.4 Å². The van der Waals surface area contributed by atoms with Crippen LogP contribution in [0.4, 0.5) is 0 Å². The zero-order chi connectivity index (χ0) is 14.0. The van der Waals surface area contributed by atoms with Crippen molar-refractivity contribution in [2.75, 3.05) is 19.6 Å². The lowest BCUT2D eigenvalue weighted by Gasteiger charge is -2.38. The minimum Gasteiger partial charge on any atom is -0.356 e. The molecule has 104 valence electrons. The molecule has 1 fully saturated rings. The van der Waals surface area contributed by atoms with Crippen LogP contribution in [0.1, 0.15) is 12.5 Å². The Morgan fingerprint density at radius 2 is 2.21 bits per heavy atom. The maximum absolute atomic E-state index is 12.0. The summed E-state index contributed by atoms with van der Waals surface area (Å²) in [4.78, 5) is 25.2. The van der Waals surface area contributed by atoms with E-state index in [0.29, 0.717) is 24.8 Å². The van der Waals surface area contributed by atoms with E-state index in [4.69, 9.17) is 11.6 Å². The highest BCUT2D eigenvalue weighted by atomic mass is 35.5. The zero-order valence-corrected chi connectivity index (χ0v) is 11.8. The molecule has 1 aliphatic heterocycles. The lowest BCUT2D eigenvalue weighted by atomic mass is 9.98. The molecule has 2 rings (SSSR count). The smallest absolute Gasteiger partial charge is 0.227 e. The molecule has 1 N–H and O–H groups in total. The quantitative estimate of drug-likeness (QED) is 0.859. The van der Waals surface area contributed by atoms with Crippen LogP contribution in [-0.4, -0.2) is 46.1 Å². The fraction of sp³-hybridized carbons (Fsp3) is 0.583. The highest BCUT2D eigenvalue weighted by molar-refractivity contribution is 6.30. The Kier molecular flexibility index (Phi) is 4.09. The van der Waals surface area contributed by atoms with Gasteiger partial charge in [0.2, 0.25) is 11.8 Å². The van der Waals surface area contributed by atoms with E-state index in [2.05, 4.69) is 10.4 Å². The van der Waals surface area contributed by atoms with E-state index in [0.717, 1.165) is 5.56 Å². The second-order valence-corrected chi connectivity index (χ2v) is 5.04. The lowest BCUT2D eigenvalue weighted by Crippen LogP contribution is -2.56. The molecule has 1 aliphatic rings. The van der Waals surface area contributed by atoms with Crippen molar-refractivity contribution in [1.82, 2.24) is 20.0 Å². The Hall–Kier alpha value is -1.56. The number of amides is 2. The van der Waals surface area contributed by atoms with Gasteiger partial charge in [0.1, 0.15) is 0 Å². The Bertz CT molecular complexity index is 494.